The molecule has 0 aromatic heterocycles. The molecule has 0 spiro atoms. The number of carbonyl (C=O) groups is 1. The Morgan fingerprint density at radius 1 is 0.875 bits per heavy atom. The molecule has 4 rings (SSSR count). The van der Waals surface area contributed by atoms with Crippen LogP contribution in [0.3, 0.4) is 0 Å². The van der Waals surface area contributed by atoms with Crippen molar-refractivity contribution >= 4 is 23.0 Å². The fourth-order valence-electron chi connectivity index (χ4n) is 5.41. The Hall–Kier alpha value is -3.19. The number of piperidine rings is 1. The van der Waals surface area contributed by atoms with Crippen LogP contribution in [0, 0.1) is 11.8 Å². The van der Waals surface area contributed by atoms with Crippen LogP contribution in [-0.2, 0) is 17.1 Å². The van der Waals surface area contributed by atoms with E-state index in [0.717, 1.165) is 42.8 Å². The van der Waals surface area contributed by atoms with Gasteiger partial charge >= 0.3 is 12.4 Å². The maximum Gasteiger partial charge on any atom is 0.418 e. The summed E-state index contributed by atoms with van der Waals surface area (Å²) in [5.74, 6) is 0.0428. The summed E-state index contributed by atoms with van der Waals surface area (Å²) in [5.41, 5.74) is -1.68. The Labute approximate surface area is 227 Å². The van der Waals surface area contributed by atoms with E-state index in [1.807, 2.05) is 4.90 Å². The van der Waals surface area contributed by atoms with E-state index in [2.05, 4.69) is 10.6 Å². The normalized spacial score (nSPS) is 20.8. The molecule has 13 heteroatoms. The van der Waals surface area contributed by atoms with E-state index in [9.17, 15) is 31.1 Å². The monoisotopic (exact) mass is 574 g/mol. The van der Waals surface area contributed by atoms with E-state index >= 15 is 0 Å². The van der Waals surface area contributed by atoms with Gasteiger partial charge in [-0.1, -0.05) is 0 Å². The summed E-state index contributed by atoms with van der Waals surface area (Å²) in [7, 11) is 0. The van der Waals surface area contributed by atoms with Crippen molar-refractivity contribution in [2.45, 2.75) is 56.9 Å². The molecule has 2 aromatic carbocycles. The van der Waals surface area contributed by atoms with Gasteiger partial charge in [-0.05, 0) is 86.9 Å². The van der Waals surface area contributed by atoms with E-state index in [0.29, 0.717) is 45.3 Å². The van der Waals surface area contributed by atoms with Gasteiger partial charge in [0.1, 0.15) is 5.69 Å². The number of alkyl halides is 6. The molecule has 1 amide bonds. The zero-order chi connectivity index (χ0) is 29.1. The van der Waals surface area contributed by atoms with Crippen LogP contribution in [0.25, 0.3) is 0 Å². The van der Waals surface area contributed by atoms with Crippen molar-refractivity contribution in [3.05, 3.63) is 53.6 Å². The highest BCUT2D eigenvalue weighted by molar-refractivity contribution is 5.78. The molecule has 4 N–H and O–H groups in total. The fourth-order valence-corrected chi connectivity index (χ4v) is 5.41. The molecule has 1 saturated carbocycles. The topological polar surface area (TPSA) is 88.1 Å². The fraction of sp³-hybridized carbons (Fsp3) is 0.519. The minimum absolute atomic E-state index is 0.0432. The third kappa shape index (κ3) is 7.51. The molecule has 2 aliphatic rings. The van der Waals surface area contributed by atoms with Crippen LogP contribution < -0.4 is 20.8 Å². The molecule has 0 bridgehead atoms. The van der Waals surface area contributed by atoms with Crippen LogP contribution in [0.15, 0.2) is 42.5 Å². The lowest BCUT2D eigenvalue weighted by Gasteiger charge is -2.34. The van der Waals surface area contributed by atoms with Crippen molar-refractivity contribution in [1.29, 1.82) is 0 Å². The second kappa shape index (κ2) is 12.1. The summed E-state index contributed by atoms with van der Waals surface area (Å²) >= 11 is 0. The van der Waals surface area contributed by atoms with Gasteiger partial charge in [-0.2, -0.15) is 26.3 Å². The number of benzene rings is 2. The quantitative estimate of drug-likeness (QED) is 0.229. The third-order valence-electron chi connectivity index (χ3n) is 7.73. The first kappa shape index (κ1) is 29.8. The van der Waals surface area contributed by atoms with Gasteiger partial charge in [-0.3, -0.25) is 15.2 Å². The Balaban J connectivity index is 1.19. The molecule has 220 valence electrons. The van der Waals surface area contributed by atoms with Gasteiger partial charge in [-0.25, -0.2) is 0 Å². The number of hydrogen-bond acceptors (Lipinski definition) is 6. The first-order valence-corrected chi connectivity index (χ1v) is 13.2. The molecule has 1 aliphatic carbocycles. The molecule has 1 saturated heterocycles. The SMILES string of the molecule is O=C(NCC1CCN(c2ccc(C(F)(F)F)cc2)CC1)C1CCC(Nc2ccc(N(O)O)c(C(F)(F)F)c2)CC1. The summed E-state index contributed by atoms with van der Waals surface area (Å²) in [6.45, 7) is 1.90. The highest BCUT2D eigenvalue weighted by atomic mass is 19.4. The average Bonchev–Trinajstić information content (AvgIpc) is 2.91. The lowest BCUT2D eigenvalue weighted by atomic mass is 9.85. The smallest absolute Gasteiger partial charge is 0.382 e. The zero-order valence-electron chi connectivity index (χ0n) is 21.6. The van der Waals surface area contributed by atoms with Crippen LogP contribution in [0.5, 0.6) is 0 Å². The minimum Gasteiger partial charge on any atom is -0.382 e. The maximum atomic E-state index is 13.3. The van der Waals surface area contributed by atoms with Crippen molar-refractivity contribution in [3.63, 3.8) is 0 Å². The predicted octanol–water partition coefficient (Wildman–Crippen LogP) is 6.31. The summed E-state index contributed by atoms with van der Waals surface area (Å²) in [6, 6.07) is 8.16. The Kier molecular flexibility index (Phi) is 9.03. The zero-order valence-corrected chi connectivity index (χ0v) is 21.6. The molecule has 7 nitrogen and oxygen atoms in total. The second-order valence-corrected chi connectivity index (χ2v) is 10.4. The van der Waals surface area contributed by atoms with Crippen LogP contribution in [0.1, 0.15) is 49.7 Å². The van der Waals surface area contributed by atoms with Gasteiger partial charge in [-0.15, -0.1) is 5.23 Å². The number of amides is 1. The molecule has 2 fully saturated rings. The molecule has 2 aromatic rings. The molecular weight excluding hydrogens is 542 g/mol. The van der Waals surface area contributed by atoms with Crippen molar-refractivity contribution in [3.8, 4) is 0 Å². The summed E-state index contributed by atoms with van der Waals surface area (Å²) < 4.78 is 78.3. The van der Waals surface area contributed by atoms with Gasteiger partial charge in [0.05, 0.1) is 11.1 Å². The molecule has 1 heterocycles. The van der Waals surface area contributed by atoms with Gasteiger partial charge in [0, 0.05) is 43.0 Å². The predicted molar refractivity (Wildman–Crippen MR) is 136 cm³/mol. The summed E-state index contributed by atoms with van der Waals surface area (Å²) in [5, 5.41) is 23.7. The van der Waals surface area contributed by atoms with Crippen LogP contribution in [-0.4, -0.2) is 42.0 Å². The van der Waals surface area contributed by atoms with Gasteiger partial charge in [0.15, 0.2) is 0 Å². The van der Waals surface area contributed by atoms with Crippen molar-refractivity contribution in [2.24, 2.45) is 11.8 Å². The highest BCUT2D eigenvalue weighted by Gasteiger charge is 2.36. The Morgan fingerprint density at radius 2 is 1.50 bits per heavy atom. The number of halogens is 6. The number of hydrogen-bond donors (Lipinski definition) is 4. The van der Waals surface area contributed by atoms with Gasteiger partial charge in [0.2, 0.25) is 5.91 Å². The van der Waals surface area contributed by atoms with Crippen LogP contribution in [0.4, 0.5) is 43.4 Å². The number of rotatable bonds is 7. The molecule has 0 radical (unpaired) electrons. The largest absolute Gasteiger partial charge is 0.418 e. The molecule has 0 unspecified atom stereocenters. The van der Waals surface area contributed by atoms with E-state index in [1.165, 1.54) is 18.2 Å². The summed E-state index contributed by atoms with van der Waals surface area (Å²) in [4.78, 5) is 14.8. The van der Waals surface area contributed by atoms with E-state index in [4.69, 9.17) is 10.4 Å². The molecule has 1 aliphatic heterocycles. The number of anilines is 3. The Bertz CT molecular complexity index is 1140. The van der Waals surface area contributed by atoms with E-state index in [1.54, 1.807) is 0 Å². The molecular formula is C27H32F6N4O3. The van der Waals surface area contributed by atoms with Crippen molar-refractivity contribution in [2.75, 3.05) is 35.1 Å². The summed E-state index contributed by atoms with van der Waals surface area (Å²) in [6.07, 6.45) is -5.16. The molecule has 0 atom stereocenters. The first-order valence-electron chi connectivity index (χ1n) is 13.2. The second-order valence-electron chi connectivity index (χ2n) is 10.4. The maximum absolute atomic E-state index is 13.3. The van der Waals surface area contributed by atoms with Gasteiger partial charge < -0.3 is 15.5 Å². The standard InChI is InChI=1S/C27H32F6N4O3/c28-26(29,30)19-3-8-22(9-4-19)36-13-11-17(12-14-36)16-34-25(38)18-1-5-20(6-2-18)35-21-7-10-24(37(39)40)23(15-21)27(31,32)33/h3-4,7-10,15,17-18,20,35,39-40H,1-2,5-6,11-14,16H2,(H,34,38). The first-order chi connectivity index (χ1) is 18.8. The highest BCUT2D eigenvalue weighted by Crippen LogP contribution is 2.38. The van der Waals surface area contributed by atoms with Crippen LogP contribution in [0.2, 0.25) is 0 Å². The van der Waals surface area contributed by atoms with E-state index in [-0.39, 0.29) is 29.5 Å². The average molecular weight is 575 g/mol. The minimum atomic E-state index is -4.77. The van der Waals surface area contributed by atoms with Crippen LogP contribution >= 0.6 is 0 Å². The molecule has 40 heavy (non-hydrogen) atoms. The Morgan fingerprint density at radius 3 is 2.05 bits per heavy atom. The van der Waals surface area contributed by atoms with Crippen molar-refractivity contribution < 1.29 is 41.6 Å². The lowest BCUT2D eigenvalue weighted by Crippen LogP contribution is -2.41. The van der Waals surface area contributed by atoms with E-state index < -0.39 is 34.4 Å². The number of nitrogens with one attached hydrogen (secondary N) is 2. The van der Waals surface area contributed by atoms with Gasteiger partial charge in [0.25, 0.3) is 0 Å². The number of nitrogens with zero attached hydrogens (tertiary/aromatic N) is 2. The number of carbonyl (C=O) groups excluding carboxylic acids is 1. The third-order valence-corrected chi connectivity index (χ3v) is 7.73. The van der Waals surface area contributed by atoms with Crippen molar-refractivity contribution in [1.82, 2.24) is 5.32 Å². The lowest BCUT2D eigenvalue weighted by molar-refractivity contribution is -0.139.